The minimum absolute atomic E-state index is 0.267. The number of hydrogen-bond acceptors (Lipinski definition) is 6. The Morgan fingerprint density at radius 2 is 1.56 bits per heavy atom. The number of benzene rings is 2. The number of urea groups is 1. The number of carbonyl (C=O) groups is 1. The summed E-state index contributed by atoms with van der Waals surface area (Å²) >= 11 is 0. The average molecular weight is 468 g/mol. The number of methoxy groups -OCH3 is 5. The van der Waals surface area contributed by atoms with E-state index in [1.165, 1.54) is 21.3 Å². The van der Waals surface area contributed by atoms with Gasteiger partial charge in [-0.05, 0) is 30.3 Å². The molecule has 9 heteroatoms. The van der Waals surface area contributed by atoms with Crippen molar-refractivity contribution in [3.63, 3.8) is 0 Å². The molecular formula is C25H29N3O6. The van der Waals surface area contributed by atoms with Gasteiger partial charge in [0.2, 0.25) is 5.75 Å². The first-order valence-corrected chi connectivity index (χ1v) is 10.8. The predicted molar refractivity (Wildman–Crippen MR) is 128 cm³/mol. The summed E-state index contributed by atoms with van der Waals surface area (Å²) in [5.74, 6) is 2.72. The second-order valence-electron chi connectivity index (χ2n) is 7.67. The van der Waals surface area contributed by atoms with E-state index >= 15 is 0 Å². The van der Waals surface area contributed by atoms with Gasteiger partial charge in [-0.15, -0.1) is 0 Å². The van der Waals surface area contributed by atoms with Crippen molar-refractivity contribution >= 4 is 11.7 Å². The number of rotatable bonds is 7. The summed E-state index contributed by atoms with van der Waals surface area (Å²) in [5.41, 5.74) is 2.34. The van der Waals surface area contributed by atoms with E-state index in [2.05, 4.69) is 9.88 Å². The Bertz CT molecular complexity index is 1150. The van der Waals surface area contributed by atoms with Gasteiger partial charge in [-0.1, -0.05) is 0 Å². The largest absolute Gasteiger partial charge is 0.497 e. The van der Waals surface area contributed by atoms with Crippen molar-refractivity contribution in [3.8, 4) is 28.7 Å². The maximum atomic E-state index is 13.6. The number of hydrogen-bond donors (Lipinski definition) is 1. The molecule has 3 aromatic rings. The van der Waals surface area contributed by atoms with Gasteiger partial charge in [-0.2, -0.15) is 0 Å². The summed E-state index contributed by atoms with van der Waals surface area (Å²) < 4.78 is 29.5. The molecule has 2 heterocycles. The summed E-state index contributed by atoms with van der Waals surface area (Å²) in [6, 6.07) is 12.4. The predicted octanol–water partition coefficient (Wildman–Crippen LogP) is 4.17. The summed E-state index contributed by atoms with van der Waals surface area (Å²) in [6.07, 6.45) is 2.02. The Kier molecular flexibility index (Phi) is 6.72. The minimum atomic E-state index is -0.379. The van der Waals surface area contributed by atoms with E-state index in [1.54, 1.807) is 31.3 Å². The van der Waals surface area contributed by atoms with Crippen molar-refractivity contribution in [1.82, 2.24) is 9.47 Å². The number of fused-ring (bicyclic) bond motifs is 1. The molecule has 34 heavy (non-hydrogen) atoms. The van der Waals surface area contributed by atoms with E-state index in [0.29, 0.717) is 47.5 Å². The second kappa shape index (κ2) is 9.86. The first kappa shape index (κ1) is 23.2. The van der Waals surface area contributed by atoms with E-state index in [1.807, 2.05) is 36.5 Å². The Hall–Kier alpha value is -4.01. The molecule has 0 saturated carbocycles. The van der Waals surface area contributed by atoms with E-state index in [0.717, 1.165) is 11.3 Å². The molecule has 0 radical (unpaired) electrons. The lowest BCUT2D eigenvalue weighted by molar-refractivity contribution is 0.180. The Morgan fingerprint density at radius 1 is 0.853 bits per heavy atom. The van der Waals surface area contributed by atoms with Crippen LogP contribution >= 0.6 is 0 Å². The van der Waals surface area contributed by atoms with Crippen molar-refractivity contribution < 1.29 is 28.5 Å². The molecule has 2 amide bonds. The van der Waals surface area contributed by atoms with Crippen LogP contribution in [0.25, 0.3) is 0 Å². The maximum absolute atomic E-state index is 13.6. The van der Waals surface area contributed by atoms with Gasteiger partial charge in [0.25, 0.3) is 0 Å². The quantitative estimate of drug-likeness (QED) is 0.562. The van der Waals surface area contributed by atoms with Gasteiger partial charge >= 0.3 is 6.03 Å². The van der Waals surface area contributed by atoms with Crippen LogP contribution in [0.2, 0.25) is 0 Å². The summed E-state index contributed by atoms with van der Waals surface area (Å²) in [7, 11) is 7.84. The first-order chi connectivity index (χ1) is 16.5. The number of ether oxygens (including phenoxy) is 5. The molecule has 1 aliphatic rings. The number of amides is 2. The molecule has 0 bridgehead atoms. The molecule has 0 saturated heterocycles. The van der Waals surface area contributed by atoms with E-state index < -0.39 is 0 Å². The number of anilines is 1. The highest BCUT2D eigenvalue weighted by Gasteiger charge is 2.34. The highest BCUT2D eigenvalue weighted by atomic mass is 16.5. The normalized spacial score (nSPS) is 14.7. The molecule has 1 atom stereocenters. The summed E-state index contributed by atoms with van der Waals surface area (Å²) in [5, 5.41) is 2.99. The number of aromatic nitrogens is 1. The van der Waals surface area contributed by atoms with Gasteiger partial charge in [0.05, 0.1) is 41.2 Å². The third-order valence-electron chi connectivity index (χ3n) is 5.95. The van der Waals surface area contributed by atoms with E-state index in [-0.39, 0.29) is 12.1 Å². The van der Waals surface area contributed by atoms with Crippen LogP contribution in [0.15, 0.2) is 48.7 Å². The smallest absolute Gasteiger partial charge is 0.322 e. The number of nitrogens with one attached hydrogen (secondary N) is 1. The summed E-state index contributed by atoms with van der Waals surface area (Å²) in [6.45, 7) is 1.18. The van der Waals surface area contributed by atoms with Crippen LogP contribution in [0, 0.1) is 0 Å². The van der Waals surface area contributed by atoms with E-state index in [9.17, 15) is 4.79 Å². The fraction of sp³-hybridized carbons (Fsp3) is 0.320. The van der Waals surface area contributed by atoms with Crippen LogP contribution < -0.4 is 29.0 Å². The monoisotopic (exact) mass is 467 g/mol. The molecule has 0 unspecified atom stereocenters. The van der Waals surface area contributed by atoms with Crippen molar-refractivity contribution in [3.05, 3.63) is 59.9 Å². The zero-order valence-electron chi connectivity index (χ0n) is 20.0. The molecule has 9 nitrogen and oxygen atoms in total. The molecule has 1 aromatic heterocycles. The van der Waals surface area contributed by atoms with Gasteiger partial charge in [0.15, 0.2) is 11.5 Å². The Labute approximate surface area is 198 Å². The summed E-state index contributed by atoms with van der Waals surface area (Å²) in [4.78, 5) is 15.4. The molecule has 0 aliphatic carbocycles. The van der Waals surface area contributed by atoms with Crippen LogP contribution in [0.1, 0.15) is 17.3 Å². The van der Waals surface area contributed by atoms with Crippen molar-refractivity contribution in [2.45, 2.75) is 12.6 Å². The SMILES string of the molecule is COc1ccc(OC)c([C@H]2c3cccn3CCN2C(=O)Nc2cc(OC)c(OC)c(OC)c2)c1. The Balaban J connectivity index is 1.73. The van der Waals surface area contributed by atoms with Gasteiger partial charge in [-0.3, -0.25) is 0 Å². The third-order valence-corrected chi connectivity index (χ3v) is 5.95. The van der Waals surface area contributed by atoms with Crippen LogP contribution in [0.5, 0.6) is 28.7 Å². The lowest BCUT2D eigenvalue weighted by atomic mass is 9.98. The van der Waals surface area contributed by atoms with Crippen molar-refractivity contribution in [2.24, 2.45) is 0 Å². The molecule has 0 fully saturated rings. The standard InChI is InChI=1S/C25H29N3O6/c1-30-17-8-9-20(31-2)18(15-17)23-19-7-6-10-27(19)11-12-28(23)25(29)26-16-13-21(32-3)24(34-5)22(14-16)33-4/h6-10,13-15,23H,11-12H2,1-5H3,(H,26,29)/t23-/m0/s1. The Morgan fingerprint density at radius 3 is 2.18 bits per heavy atom. The molecule has 1 aliphatic heterocycles. The lowest BCUT2D eigenvalue weighted by Crippen LogP contribution is -2.44. The third kappa shape index (κ3) is 4.16. The molecular weight excluding hydrogens is 438 g/mol. The van der Waals surface area contributed by atoms with Gasteiger partial charge < -0.3 is 38.5 Å². The van der Waals surface area contributed by atoms with Gasteiger partial charge in [0.1, 0.15) is 17.5 Å². The van der Waals surface area contributed by atoms with Crippen molar-refractivity contribution in [1.29, 1.82) is 0 Å². The first-order valence-electron chi connectivity index (χ1n) is 10.8. The molecule has 0 spiro atoms. The zero-order chi connectivity index (χ0) is 24.2. The maximum Gasteiger partial charge on any atom is 0.322 e. The molecule has 180 valence electrons. The average Bonchev–Trinajstić information content (AvgIpc) is 3.36. The molecule has 2 aromatic carbocycles. The van der Waals surface area contributed by atoms with E-state index in [4.69, 9.17) is 23.7 Å². The minimum Gasteiger partial charge on any atom is -0.497 e. The fourth-order valence-electron chi connectivity index (χ4n) is 4.33. The topological polar surface area (TPSA) is 83.4 Å². The fourth-order valence-corrected chi connectivity index (χ4v) is 4.33. The van der Waals surface area contributed by atoms with Crippen LogP contribution in [0.3, 0.4) is 0 Å². The second-order valence-corrected chi connectivity index (χ2v) is 7.67. The molecule has 4 rings (SSSR count). The van der Waals surface area contributed by atoms with Gasteiger partial charge in [-0.25, -0.2) is 4.79 Å². The van der Waals surface area contributed by atoms with Crippen molar-refractivity contribution in [2.75, 3.05) is 47.4 Å². The number of carbonyl (C=O) groups excluding carboxylic acids is 1. The van der Waals surface area contributed by atoms with Crippen LogP contribution in [-0.4, -0.2) is 57.6 Å². The molecule has 1 N–H and O–H groups in total. The van der Waals surface area contributed by atoms with Crippen LogP contribution in [-0.2, 0) is 6.54 Å². The highest BCUT2D eigenvalue weighted by Crippen LogP contribution is 2.42. The highest BCUT2D eigenvalue weighted by molar-refractivity contribution is 5.91. The number of nitrogens with zero attached hydrogens (tertiary/aromatic N) is 2. The zero-order valence-corrected chi connectivity index (χ0v) is 20.0. The lowest BCUT2D eigenvalue weighted by Gasteiger charge is -2.37. The van der Waals surface area contributed by atoms with Gasteiger partial charge in [0, 0.05) is 42.7 Å². The van der Waals surface area contributed by atoms with Crippen LogP contribution in [0.4, 0.5) is 10.5 Å².